The lowest BCUT2D eigenvalue weighted by Gasteiger charge is -2.22. The second-order valence-corrected chi connectivity index (χ2v) is 4.68. The van der Waals surface area contributed by atoms with E-state index in [-0.39, 0.29) is 23.8 Å². The minimum absolute atomic E-state index is 0.161. The lowest BCUT2D eigenvalue weighted by Crippen LogP contribution is -2.44. The molecule has 1 aliphatic rings. The normalized spacial score (nSPS) is 20.1. The van der Waals surface area contributed by atoms with Gasteiger partial charge in [0.05, 0.1) is 12.0 Å². The number of carbonyl (C=O) groups is 2. The summed E-state index contributed by atoms with van der Waals surface area (Å²) in [6.45, 7) is 3.89. The Labute approximate surface area is 104 Å². The van der Waals surface area contributed by atoms with Crippen molar-refractivity contribution in [1.82, 2.24) is 14.9 Å². The Bertz CT molecular complexity index is 548. The molecule has 1 aromatic heterocycles. The van der Waals surface area contributed by atoms with Crippen LogP contribution in [0.4, 0.5) is 0 Å². The third kappa shape index (κ3) is 2.32. The van der Waals surface area contributed by atoms with E-state index in [4.69, 9.17) is 0 Å². The molecule has 1 aliphatic heterocycles. The first kappa shape index (κ1) is 12.5. The molecule has 18 heavy (non-hydrogen) atoms. The van der Waals surface area contributed by atoms with Crippen molar-refractivity contribution in [2.75, 3.05) is 0 Å². The molecule has 96 valence electrons. The topological polar surface area (TPSA) is 81.1 Å². The third-order valence-corrected chi connectivity index (χ3v) is 2.99. The Morgan fingerprint density at radius 2 is 2.11 bits per heavy atom. The first-order valence-corrected chi connectivity index (χ1v) is 5.91. The molecule has 6 nitrogen and oxygen atoms in total. The highest BCUT2D eigenvalue weighted by Crippen LogP contribution is 2.16. The number of amides is 2. The Hall–Kier alpha value is -1.98. The van der Waals surface area contributed by atoms with Gasteiger partial charge in [-0.3, -0.25) is 24.3 Å². The van der Waals surface area contributed by atoms with Crippen molar-refractivity contribution in [1.29, 1.82) is 0 Å². The van der Waals surface area contributed by atoms with Crippen molar-refractivity contribution in [3.63, 3.8) is 0 Å². The number of hydrogen-bond donors (Lipinski definition) is 1. The molecule has 0 radical (unpaired) electrons. The van der Waals surface area contributed by atoms with Crippen LogP contribution in [-0.4, -0.2) is 21.4 Å². The molecule has 2 amide bonds. The average molecular weight is 249 g/mol. The standard InChI is InChI=1S/C12H15N3O3/c1-7(2)8-5-11(17)15(6-13-8)9-3-4-10(16)14-12(9)18/h5-7,9H,3-4H2,1-2H3,(H,14,16,18). The summed E-state index contributed by atoms with van der Waals surface area (Å²) in [5.74, 6) is -0.572. The van der Waals surface area contributed by atoms with Gasteiger partial charge >= 0.3 is 0 Å². The molecule has 6 heteroatoms. The maximum absolute atomic E-state index is 11.9. The van der Waals surface area contributed by atoms with Crippen LogP contribution in [0.1, 0.15) is 44.3 Å². The zero-order valence-corrected chi connectivity index (χ0v) is 10.3. The number of rotatable bonds is 2. The predicted octanol–water partition coefficient (Wildman–Crippen LogP) is 0.344. The lowest BCUT2D eigenvalue weighted by atomic mass is 10.1. The smallest absolute Gasteiger partial charge is 0.254 e. The van der Waals surface area contributed by atoms with Gasteiger partial charge in [0.25, 0.3) is 5.56 Å². The molecule has 0 aliphatic carbocycles. The molecule has 1 saturated heterocycles. The Morgan fingerprint density at radius 3 is 2.67 bits per heavy atom. The van der Waals surface area contributed by atoms with Crippen LogP contribution in [0.5, 0.6) is 0 Å². The van der Waals surface area contributed by atoms with Crippen LogP contribution >= 0.6 is 0 Å². The van der Waals surface area contributed by atoms with Gasteiger partial charge in [-0.25, -0.2) is 4.98 Å². The highest BCUT2D eigenvalue weighted by molar-refractivity contribution is 5.99. The third-order valence-electron chi connectivity index (χ3n) is 2.99. The van der Waals surface area contributed by atoms with Gasteiger partial charge < -0.3 is 0 Å². The molecule has 1 unspecified atom stereocenters. The van der Waals surface area contributed by atoms with Crippen LogP contribution in [-0.2, 0) is 9.59 Å². The van der Waals surface area contributed by atoms with Crippen molar-refractivity contribution in [3.8, 4) is 0 Å². The van der Waals surface area contributed by atoms with Gasteiger partial charge in [-0.15, -0.1) is 0 Å². The van der Waals surface area contributed by atoms with E-state index in [0.717, 1.165) is 0 Å². The van der Waals surface area contributed by atoms with Crippen molar-refractivity contribution in [3.05, 3.63) is 28.4 Å². The Kier molecular flexibility index (Phi) is 3.27. The second-order valence-electron chi connectivity index (χ2n) is 4.68. The maximum atomic E-state index is 11.9. The minimum atomic E-state index is -0.635. The van der Waals surface area contributed by atoms with E-state index in [1.165, 1.54) is 17.0 Å². The quantitative estimate of drug-likeness (QED) is 0.766. The van der Waals surface area contributed by atoms with E-state index in [1.807, 2.05) is 13.8 Å². The number of nitrogens with one attached hydrogen (secondary N) is 1. The van der Waals surface area contributed by atoms with Gasteiger partial charge in [-0.2, -0.15) is 0 Å². The molecule has 2 heterocycles. The zero-order valence-electron chi connectivity index (χ0n) is 10.3. The van der Waals surface area contributed by atoms with E-state index in [0.29, 0.717) is 12.1 Å². The predicted molar refractivity (Wildman–Crippen MR) is 64.0 cm³/mol. The highest BCUT2D eigenvalue weighted by atomic mass is 16.2. The summed E-state index contributed by atoms with van der Waals surface area (Å²) in [6.07, 6.45) is 1.97. The molecule has 0 spiro atoms. The zero-order chi connectivity index (χ0) is 13.3. The summed E-state index contributed by atoms with van der Waals surface area (Å²) in [5, 5.41) is 2.23. The maximum Gasteiger partial charge on any atom is 0.254 e. The summed E-state index contributed by atoms with van der Waals surface area (Å²) >= 11 is 0. The summed E-state index contributed by atoms with van der Waals surface area (Å²) in [6, 6.07) is 0.804. The van der Waals surface area contributed by atoms with Gasteiger partial charge in [0, 0.05) is 12.5 Å². The van der Waals surface area contributed by atoms with Gasteiger partial charge in [0.2, 0.25) is 11.8 Å². The molecule has 1 atom stereocenters. The van der Waals surface area contributed by atoms with Crippen molar-refractivity contribution < 1.29 is 9.59 Å². The fourth-order valence-corrected chi connectivity index (χ4v) is 1.92. The summed E-state index contributed by atoms with van der Waals surface area (Å²) in [5.41, 5.74) is 0.437. The molecule has 1 aromatic rings. The second kappa shape index (κ2) is 4.72. The first-order chi connectivity index (χ1) is 8.49. The molecule has 0 bridgehead atoms. The molecule has 0 aromatic carbocycles. The van der Waals surface area contributed by atoms with Crippen LogP contribution in [0, 0.1) is 0 Å². The summed E-state index contributed by atoms with van der Waals surface area (Å²) in [4.78, 5) is 38.8. The molecule has 0 saturated carbocycles. The van der Waals surface area contributed by atoms with E-state index >= 15 is 0 Å². The first-order valence-electron chi connectivity index (χ1n) is 5.91. The Morgan fingerprint density at radius 1 is 1.39 bits per heavy atom. The monoisotopic (exact) mass is 249 g/mol. The van der Waals surface area contributed by atoms with Gasteiger partial charge in [-0.1, -0.05) is 13.8 Å². The SMILES string of the molecule is CC(C)c1cc(=O)n(C2CCC(=O)NC2=O)cn1. The highest BCUT2D eigenvalue weighted by Gasteiger charge is 2.28. The number of nitrogens with zero attached hydrogens (tertiary/aromatic N) is 2. The number of piperidine rings is 1. The van der Waals surface area contributed by atoms with E-state index in [2.05, 4.69) is 10.3 Å². The summed E-state index contributed by atoms with van der Waals surface area (Å²) < 4.78 is 1.29. The van der Waals surface area contributed by atoms with Gasteiger partial charge in [0.1, 0.15) is 6.04 Å². The summed E-state index contributed by atoms with van der Waals surface area (Å²) in [7, 11) is 0. The number of hydrogen-bond acceptors (Lipinski definition) is 4. The Balaban J connectivity index is 2.32. The molecule has 1 fully saturated rings. The lowest BCUT2D eigenvalue weighted by molar-refractivity contribution is -0.135. The van der Waals surface area contributed by atoms with Crippen LogP contribution in [0.15, 0.2) is 17.2 Å². The molecular weight excluding hydrogens is 234 g/mol. The van der Waals surface area contributed by atoms with Crippen LogP contribution in [0.2, 0.25) is 0 Å². The van der Waals surface area contributed by atoms with Crippen molar-refractivity contribution >= 4 is 11.8 Å². The average Bonchev–Trinajstić information content (AvgIpc) is 2.30. The van der Waals surface area contributed by atoms with Crippen LogP contribution in [0.3, 0.4) is 0 Å². The van der Waals surface area contributed by atoms with E-state index in [9.17, 15) is 14.4 Å². The fraction of sp³-hybridized carbons (Fsp3) is 0.500. The minimum Gasteiger partial charge on any atom is -0.295 e. The molecular formula is C12H15N3O3. The largest absolute Gasteiger partial charge is 0.295 e. The van der Waals surface area contributed by atoms with Gasteiger partial charge in [-0.05, 0) is 12.3 Å². The van der Waals surface area contributed by atoms with Crippen LogP contribution < -0.4 is 10.9 Å². The fourth-order valence-electron chi connectivity index (χ4n) is 1.92. The van der Waals surface area contributed by atoms with Crippen molar-refractivity contribution in [2.24, 2.45) is 0 Å². The number of carbonyl (C=O) groups excluding carboxylic acids is 2. The van der Waals surface area contributed by atoms with Crippen LogP contribution in [0.25, 0.3) is 0 Å². The number of aromatic nitrogens is 2. The molecule has 2 rings (SSSR count). The van der Waals surface area contributed by atoms with E-state index in [1.54, 1.807) is 0 Å². The number of imide groups is 1. The van der Waals surface area contributed by atoms with E-state index < -0.39 is 11.9 Å². The molecule has 1 N–H and O–H groups in total. The van der Waals surface area contributed by atoms with Gasteiger partial charge in [0.15, 0.2) is 0 Å². The van der Waals surface area contributed by atoms with Crippen molar-refractivity contribution in [2.45, 2.75) is 38.6 Å².